The highest BCUT2D eigenvalue weighted by molar-refractivity contribution is 9.11. The molecule has 1 atom stereocenters. The molecule has 0 aliphatic heterocycles. The van der Waals surface area contributed by atoms with Gasteiger partial charge in [0.05, 0.1) is 11.9 Å². The number of hydrogen-bond acceptors (Lipinski definition) is 3. The predicted molar refractivity (Wildman–Crippen MR) is 90.2 cm³/mol. The molecule has 0 radical (unpaired) electrons. The Bertz CT molecular complexity index is 642. The molecule has 1 aromatic carbocycles. The first-order valence-electron chi connectivity index (χ1n) is 6.44. The zero-order valence-electron chi connectivity index (χ0n) is 11.7. The Hall–Kier alpha value is -1.34. The summed E-state index contributed by atoms with van der Waals surface area (Å²) in [5, 5.41) is 10.1. The smallest absolute Gasteiger partial charge is 0.241 e. The van der Waals surface area contributed by atoms with Crippen molar-refractivity contribution in [3.63, 3.8) is 0 Å². The minimum Gasteiger partial charge on any atom is -0.376 e. The van der Waals surface area contributed by atoms with Crippen LogP contribution in [0.4, 0.5) is 5.69 Å². The molecule has 0 saturated heterocycles. The number of rotatable bonds is 5. The van der Waals surface area contributed by atoms with Crippen molar-refractivity contribution < 1.29 is 4.79 Å². The van der Waals surface area contributed by atoms with Gasteiger partial charge in [-0.25, -0.2) is 0 Å². The maximum atomic E-state index is 11.3. The van der Waals surface area contributed by atoms with E-state index in [4.69, 9.17) is 0 Å². The van der Waals surface area contributed by atoms with Gasteiger partial charge < -0.3 is 10.6 Å². The van der Waals surface area contributed by atoms with Crippen LogP contribution in [0.5, 0.6) is 0 Å². The third kappa shape index (κ3) is 4.31. The first kappa shape index (κ1) is 16.0. The Morgan fingerprint density at radius 2 is 2.19 bits per heavy atom. The molecule has 0 aliphatic rings. The molecule has 0 saturated carbocycles. The summed E-state index contributed by atoms with van der Waals surface area (Å²) in [6, 6.07) is 6.20. The summed E-state index contributed by atoms with van der Waals surface area (Å²) in [5.41, 5.74) is 2.03. The molecule has 2 N–H and O–H groups in total. The zero-order chi connectivity index (χ0) is 15.4. The lowest BCUT2D eigenvalue weighted by molar-refractivity contribution is -0.121. The summed E-state index contributed by atoms with van der Waals surface area (Å²) in [6.45, 7) is 2.29. The first-order chi connectivity index (χ1) is 9.99. The van der Waals surface area contributed by atoms with Crippen molar-refractivity contribution in [1.29, 1.82) is 0 Å². The molecule has 112 valence electrons. The van der Waals surface area contributed by atoms with E-state index in [-0.39, 0.29) is 18.5 Å². The van der Waals surface area contributed by atoms with E-state index in [1.54, 1.807) is 17.9 Å². The SMILES string of the molecule is CNC(=O)Cn1cc(NC(C)c2ccc(Br)cc2Br)cn1. The monoisotopic (exact) mass is 414 g/mol. The number of anilines is 1. The highest BCUT2D eigenvalue weighted by Gasteiger charge is 2.11. The van der Waals surface area contributed by atoms with Crippen LogP contribution in [0.15, 0.2) is 39.5 Å². The fourth-order valence-corrected chi connectivity index (χ4v) is 3.32. The van der Waals surface area contributed by atoms with Crippen molar-refractivity contribution in [3.8, 4) is 0 Å². The number of carbonyl (C=O) groups is 1. The number of halogens is 2. The lowest BCUT2D eigenvalue weighted by Crippen LogP contribution is -2.23. The van der Waals surface area contributed by atoms with E-state index >= 15 is 0 Å². The van der Waals surface area contributed by atoms with E-state index in [0.717, 1.165) is 20.2 Å². The largest absolute Gasteiger partial charge is 0.376 e. The molecule has 21 heavy (non-hydrogen) atoms. The number of carbonyl (C=O) groups excluding carboxylic acids is 1. The van der Waals surface area contributed by atoms with Crippen LogP contribution in [0.3, 0.4) is 0 Å². The molecule has 0 spiro atoms. The number of nitrogens with one attached hydrogen (secondary N) is 2. The van der Waals surface area contributed by atoms with Gasteiger partial charge in [0.25, 0.3) is 0 Å². The fourth-order valence-electron chi connectivity index (χ4n) is 1.93. The molecule has 7 heteroatoms. The summed E-state index contributed by atoms with van der Waals surface area (Å²) in [6.07, 6.45) is 3.53. The van der Waals surface area contributed by atoms with Crippen LogP contribution in [0, 0.1) is 0 Å². The van der Waals surface area contributed by atoms with Gasteiger partial charge in [-0.05, 0) is 24.6 Å². The van der Waals surface area contributed by atoms with E-state index in [1.807, 2.05) is 18.3 Å². The molecule has 1 heterocycles. The van der Waals surface area contributed by atoms with Gasteiger partial charge in [-0.3, -0.25) is 9.48 Å². The quantitative estimate of drug-likeness (QED) is 0.787. The second kappa shape index (κ2) is 7.09. The van der Waals surface area contributed by atoms with Crippen LogP contribution >= 0.6 is 31.9 Å². The van der Waals surface area contributed by atoms with Crippen molar-refractivity contribution >= 4 is 43.5 Å². The molecule has 0 fully saturated rings. The number of amides is 1. The Morgan fingerprint density at radius 3 is 2.86 bits per heavy atom. The van der Waals surface area contributed by atoms with Gasteiger partial charge in [-0.2, -0.15) is 5.10 Å². The highest BCUT2D eigenvalue weighted by atomic mass is 79.9. The van der Waals surface area contributed by atoms with Crippen molar-refractivity contribution in [2.24, 2.45) is 0 Å². The van der Waals surface area contributed by atoms with Crippen molar-refractivity contribution in [1.82, 2.24) is 15.1 Å². The van der Waals surface area contributed by atoms with Crippen molar-refractivity contribution in [2.75, 3.05) is 12.4 Å². The van der Waals surface area contributed by atoms with Crippen LogP contribution in [-0.4, -0.2) is 22.7 Å². The average molecular weight is 416 g/mol. The lowest BCUT2D eigenvalue weighted by atomic mass is 10.1. The normalized spacial score (nSPS) is 12.0. The molecule has 0 bridgehead atoms. The molecular weight excluding hydrogens is 400 g/mol. The number of hydrogen-bond donors (Lipinski definition) is 2. The molecule has 1 aromatic heterocycles. The van der Waals surface area contributed by atoms with Crippen LogP contribution in [0.2, 0.25) is 0 Å². The van der Waals surface area contributed by atoms with Gasteiger partial charge in [0.15, 0.2) is 0 Å². The molecular formula is C14H16Br2N4O. The fraction of sp³-hybridized carbons (Fsp3) is 0.286. The Kier molecular flexibility index (Phi) is 5.41. The summed E-state index contributed by atoms with van der Waals surface area (Å²) in [4.78, 5) is 11.3. The van der Waals surface area contributed by atoms with Crippen LogP contribution in [-0.2, 0) is 11.3 Å². The molecule has 1 amide bonds. The van der Waals surface area contributed by atoms with E-state index in [0.29, 0.717) is 0 Å². The minimum absolute atomic E-state index is 0.0756. The number of benzene rings is 1. The Balaban J connectivity index is 2.05. The Labute approximate surface area is 140 Å². The summed E-state index contributed by atoms with van der Waals surface area (Å²) >= 11 is 7.01. The van der Waals surface area contributed by atoms with Gasteiger partial charge in [0.2, 0.25) is 5.91 Å². The van der Waals surface area contributed by atoms with Gasteiger partial charge >= 0.3 is 0 Å². The number of likely N-dealkylation sites (N-methyl/N-ethyl adjacent to an activating group) is 1. The number of nitrogens with zero attached hydrogens (tertiary/aromatic N) is 2. The van der Waals surface area contributed by atoms with E-state index < -0.39 is 0 Å². The minimum atomic E-state index is -0.0756. The zero-order valence-corrected chi connectivity index (χ0v) is 14.9. The molecule has 2 rings (SSSR count). The maximum Gasteiger partial charge on any atom is 0.241 e. The van der Waals surface area contributed by atoms with Gasteiger partial charge in [-0.1, -0.05) is 37.9 Å². The van der Waals surface area contributed by atoms with Gasteiger partial charge in [0, 0.05) is 28.2 Å². The average Bonchev–Trinajstić information content (AvgIpc) is 2.85. The van der Waals surface area contributed by atoms with E-state index in [2.05, 4.69) is 60.6 Å². The lowest BCUT2D eigenvalue weighted by Gasteiger charge is -2.16. The molecule has 1 unspecified atom stereocenters. The predicted octanol–water partition coefficient (Wildman–Crippen LogP) is 3.33. The summed E-state index contributed by atoms with van der Waals surface area (Å²) in [7, 11) is 1.61. The third-order valence-electron chi connectivity index (χ3n) is 3.03. The van der Waals surface area contributed by atoms with Crippen LogP contribution in [0.25, 0.3) is 0 Å². The van der Waals surface area contributed by atoms with E-state index in [1.165, 1.54) is 0 Å². The van der Waals surface area contributed by atoms with Crippen LogP contribution < -0.4 is 10.6 Å². The third-order valence-corrected chi connectivity index (χ3v) is 4.21. The standard InChI is InChI=1S/C14H16Br2N4O/c1-9(12-4-3-10(15)5-13(12)16)19-11-6-18-20(7-11)8-14(21)17-2/h3-7,9,19H,8H2,1-2H3,(H,17,21). The molecule has 5 nitrogen and oxygen atoms in total. The molecule has 0 aliphatic carbocycles. The van der Waals surface area contributed by atoms with E-state index in [9.17, 15) is 4.79 Å². The highest BCUT2D eigenvalue weighted by Crippen LogP contribution is 2.28. The Morgan fingerprint density at radius 1 is 1.43 bits per heavy atom. The maximum absolute atomic E-state index is 11.3. The van der Waals surface area contributed by atoms with Crippen LogP contribution in [0.1, 0.15) is 18.5 Å². The summed E-state index contributed by atoms with van der Waals surface area (Å²) < 4.78 is 3.67. The molecule has 2 aromatic rings. The van der Waals surface area contributed by atoms with Crippen molar-refractivity contribution in [2.45, 2.75) is 19.5 Å². The van der Waals surface area contributed by atoms with Gasteiger partial charge in [0.1, 0.15) is 6.54 Å². The summed E-state index contributed by atoms with van der Waals surface area (Å²) in [5.74, 6) is -0.0756. The van der Waals surface area contributed by atoms with Crippen molar-refractivity contribution in [3.05, 3.63) is 45.1 Å². The first-order valence-corrected chi connectivity index (χ1v) is 8.02. The second-order valence-corrected chi connectivity index (χ2v) is 6.40. The topological polar surface area (TPSA) is 59.0 Å². The number of aromatic nitrogens is 2. The second-order valence-electron chi connectivity index (χ2n) is 4.63. The van der Waals surface area contributed by atoms with Gasteiger partial charge in [-0.15, -0.1) is 0 Å².